The van der Waals surface area contributed by atoms with Crippen molar-refractivity contribution < 1.29 is 41.4 Å². The molecule has 2 aromatic carbocycles. The fourth-order valence-electron chi connectivity index (χ4n) is 4.01. The molecule has 1 aliphatic heterocycles. The van der Waals surface area contributed by atoms with Crippen molar-refractivity contribution in [3.63, 3.8) is 0 Å². The summed E-state index contributed by atoms with van der Waals surface area (Å²) in [6.45, 7) is 2.31. The van der Waals surface area contributed by atoms with Crippen LogP contribution in [0.3, 0.4) is 0 Å². The van der Waals surface area contributed by atoms with Crippen molar-refractivity contribution in [1.82, 2.24) is 10.6 Å². The first-order valence-corrected chi connectivity index (χ1v) is 11.0. The summed E-state index contributed by atoms with van der Waals surface area (Å²) in [7, 11) is 0. The Hall–Kier alpha value is -3.86. The Kier molecular flexibility index (Phi) is 6.77. The lowest BCUT2D eigenvalue weighted by atomic mass is 9.79. The van der Waals surface area contributed by atoms with Crippen molar-refractivity contribution in [3.05, 3.63) is 77.8 Å². The third-order valence-electron chi connectivity index (χ3n) is 5.74. The van der Waals surface area contributed by atoms with Gasteiger partial charge in [0.1, 0.15) is 35.0 Å². The van der Waals surface area contributed by atoms with E-state index in [2.05, 4.69) is 5.32 Å². The van der Waals surface area contributed by atoms with Crippen LogP contribution < -0.4 is 15.4 Å². The van der Waals surface area contributed by atoms with E-state index in [-0.39, 0.29) is 22.6 Å². The second-order valence-electron chi connectivity index (χ2n) is 8.27. The van der Waals surface area contributed by atoms with Crippen molar-refractivity contribution in [1.29, 1.82) is 0 Å². The lowest BCUT2D eigenvalue weighted by Crippen LogP contribution is -2.72. The summed E-state index contributed by atoms with van der Waals surface area (Å²) in [5.41, 5.74) is -3.76. The van der Waals surface area contributed by atoms with Gasteiger partial charge in [0.05, 0.1) is 6.61 Å². The van der Waals surface area contributed by atoms with E-state index in [0.29, 0.717) is 12.4 Å². The number of alkyl halides is 3. The summed E-state index contributed by atoms with van der Waals surface area (Å²) in [6, 6.07) is 10.3. The van der Waals surface area contributed by atoms with E-state index >= 15 is 0 Å². The zero-order valence-electron chi connectivity index (χ0n) is 18.9. The molecule has 190 valence electrons. The number of halogens is 4. The van der Waals surface area contributed by atoms with Gasteiger partial charge in [0, 0.05) is 11.1 Å². The number of aliphatic hydroxyl groups is 1. The average Bonchev–Trinajstić information content (AvgIpc) is 3.32. The summed E-state index contributed by atoms with van der Waals surface area (Å²) >= 11 is 0. The Morgan fingerprint density at radius 1 is 1.14 bits per heavy atom. The van der Waals surface area contributed by atoms with Crippen LogP contribution in [0.5, 0.6) is 5.75 Å². The van der Waals surface area contributed by atoms with Gasteiger partial charge in [0.25, 0.3) is 0 Å². The number of furan rings is 1. The SMILES string of the molecule is CCCOc1ccc(C(=O)[C@H]2[C@H](c3ccc(-c4cccc(F)c4)o3)NC(=O)N[C@]2(O)C(F)(F)F)cc1. The van der Waals surface area contributed by atoms with Gasteiger partial charge in [-0.15, -0.1) is 0 Å². The first-order valence-electron chi connectivity index (χ1n) is 11.0. The first-order chi connectivity index (χ1) is 17.0. The highest BCUT2D eigenvalue weighted by atomic mass is 19.4. The van der Waals surface area contributed by atoms with Crippen LogP contribution in [0.1, 0.15) is 35.5 Å². The van der Waals surface area contributed by atoms with Gasteiger partial charge < -0.3 is 24.9 Å². The van der Waals surface area contributed by atoms with Gasteiger partial charge in [-0.05, 0) is 55.0 Å². The van der Waals surface area contributed by atoms with E-state index in [0.717, 1.165) is 12.5 Å². The van der Waals surface area contributed by atoms with Crippen molar-refractivity contribution >= 4 is 11.8 Å². The number of nitrogens with one attached hydrogen (secondary N) is 2. The van der Waals surface area contributed by atoms with E-state index in [1.807, 2.05) is 6.92 Å². The number of hydrogen-bond donors (Lipinski definition) is 3. The second kappa shape index (κ2) is 9.65. The van der Waals surface area contributed by atoms with Gasteiger partial charge in [-0.1, -0.05) is 19.1 Å². The molecule has 2 heterocycles. The summed E-state index contributed by atoms with van der Waals surface area (Å²) in [4.78, 5) is 25.6. The molecule has 0 radical (unpaired) electrons. The predicted octanol–water partition coefficient (Wildman–Crippen LogP) is 4.98. The smallest absolute Gasteiger partial charge is 0.437 e. The molecule has 3 aromatic rings. The van der Waals surface area contributed by atoms with E-state index in [1.54, 1.807) is 0 Å². The van der Waals surface area contributed by atoms with Crippen LogP contribution >= 0.6 is 0 Å². The molecule has 0 unspecified atom stereocenters. The van der Waals surface area contributed by atoms with Crippen LogP contribution in [0.25, 0.3) is 11.3 Å². The number of ether oxygens (including phenoxy) is 1. The molecule has 7 nitrogen and oxygen atoms in total. The van der Waals surface area contributed by atoms with Gasteiger partial charge in [-0.3, -0.25) is 4.79 Å². The number of hydrogen-bond acceptors (Lipinski definition) is 5. The lowest BCUT2D eigenvalue weighted by Gasteiger charge is -2.44. The molecular weight excluding hydrogens is 484 g/mol. The Morgan fingerprint density at radius 2 is 1.86 bits per heavy atom. The fourth-order valence-corrected chi connectivity index (χ4v) is 4.01. The highest BCUT2D eigenvalue weighted by Gasteiger charge is 2.66. The number of benzene rings is 2. The van der Waals surface area contributed by atoms with E-state index in [9.17, 15) is 32.3 Å². The molecule has 0 spiro atoms. The summed E-state index contributed by atoms with van der Waals surface area (Å²) in [5, 5.41) is 14.4. The van der Waals surface area contributed by atoms with Crippen LogP contribution in [0.4, 0.5) is 22.4 Å². The van der Waals surface area contributed by atoms with Crippen molar-refractivity contribution in [2.75, 3.05) is 6.61 Å². The monoisotopic (exact) mass is 506 g/mol. The summed E-state index contributed by atoms with van der Waals surface area (Å²) < 4.78 is 67.0. The molecule has 2 amide bonds. The maximum absolute atomic E-state index is 14.1. The van der Waals surface area contributed by atoms with Crippen molar-refractivity contribution in [2.24, 2.45) is 5.92 Å². The summed E-state index contributed by atoms with van der Waals surface area (Å²) in [6.07, 6.45) is -4.68. The molecule has 1 saturated heterocycles. The maximum atomic E-state index is 14.1. The molecule has 11 heteroatoms. The number of urea groups is 1. The molecule has 36 heavy (non-hydrogen) atoms. The molecule has 0 saturated carbocycles. The van der Waals surface area contributed by atoms with E-state index in [4.69, 9.17) is 9.15 Å². The van der Waals surface area contributed by atoms with E-state index in [1.165, 1.54) is 59.9 Å². The molecular formula is C25H22F4N2O5. The number of ketones is 1. The third-order valence-corrected chi connectivity index (χ3v) is 5.74. The molecule has 3 atom stereocenters. The zero-order valence-corrected chi connectivity index (χ0v) is 18.9. The minimum atomic E-state index is -5.41. The molecule has 1 aromatic heterocycles. The van der Waals surface area contributed by atoms with Crippen LogP contribution in [0.15, 0.2) is 65.1 Å². The molecule has 3 N–H and O–H groups in total. The Bertz CT molecular complexity index is 1260. The molecule has 1 fully saturated rings. The molecule has 1 aliphatic rings. The van der Waals surface area contributed by atoms with Gasteiger partial charge >= 0.3 is 12.2 Å². The highest BCUT2D eigenvalue weighted by molar-refractivity contribution is 6.00. The van der Waals surface area contributed by atoms with Crippen LogP contribution in [0.2, 0.25) is 0 Å². The quantitative estimate of drug-likeness (QED) is 0.310. The minimum absolute atomic E-state index is 0.0939. The van der Waals surface area contributed by atoms with E-state index < -0.39 is 41.5 Å². The number of carbonyl (C=O) groups excluding carboxylic acids is 2. The van der Waals surface area contributed by atoms with Gasteiger partial charge in [0.15, 0.2) is 5.78 Å². The van der Waals surface area contributed by atoms with Crippen LogP contribution in [-0.4, -0.2) is 35.4 Å². The van der Waals surface area contributed by atoms with Crippen LogP contribution in [0, 0.1) is 11.7 Å². The Labute approximate surface area is 203 Å². The lowest BCUT2D eigenvalue weighted by molar-refractivity contribution is -0.288. The molecule has 0 bridgehead atoms. The topological polar surface area (TPSA) is 101 Å². The zero-order chi connectivity index (χ0) is 26.1. The van der Waals surface area contributed by atoms with Gasteiger partial charge in [-0.2, -0.15) is 13.2 Å². The standard InChI is InChI=1S/C25H22F4N2O5/c1-2-12-35-17-8-6-14(7-9-17)22(32)20-21(30-23(33)31-24(20,34)25(27,28)29)19-11-10-18(36-19)15-4-3-5-16(26)13-15/h3-11,13,20-21,34H,2,12H2,1H3,(H2,30,31,33)/t20-,21+,24-/m1/s1. The molecule has 0 aliphatic carbocycles. The fraction of sp³-hybridized carbons (Fsp3) is 0.280. The number of Topliss-reactive ketones (excluding diaryl/α,β-unsaturated/α-hetero) is 1. The van der Waals surface area contributed by atoms with Crippen molar-refractivity contribution in [3.8, 4) is 17.1 Å². The maximum Gasteiger partial charge on any atom is 0.437 e. The number of carbonyl (C=O) groups is 2. The first kappa shape index (κ1) is 25.2. The number of rotatable bonds is 7. The third kappa shape index (κ3) is 4.78. The normalized spacial score (nSPS) is 22.0. The van der Waals surface area contributed by atoms with Gasteiger partial charge in [-0.25, -0.2) is 9.18 Å². The van der Waals surface area contributed by atoms with Crippen LogP contribution in [-0.2, 0) is 0 Å². The van der Waals surface area contributed by atoms with Gasteiger partial charge in [0.2, 0.25) is 5.72 Å². The average molecular weight is 506 g/mol. The molecule has 4 rings (SSSR count). The largest absolute Gasteiger partial charge is 0.494 e. The number of amides is 2. The summed E-state index contributed by atoms with van der Waals surface area (Å²) in [5.74, 6) is -3.64. The minimum Gasteiger partial charge on any atom is -0.494 e. The highest BCUT2D eigenvalue weighted by Crippen LogP contribution is 2.44. The second-order valence-corrected chi connectivity index (χ2v) is 8.27. The Morgan fingerprint density at radius 3 is 2.50 bits per heavy atom. The predicted molar refractivity (Wildman–Crippen MR) is 120 cm³/mol. The van der Waals surface area contributed by atoms with Crippen molar-refractivity contribution in [2.45, 2.75) is 31.3 Å². The Balaban J connectivity index is 1.75.